The Hall–Kier alpha value is -0.0400. The van der Waals surface area contributed by atoms with Crippen LogP contribution in [0.5, 0.6) is 0 Å². The third-order valence-electron chi connectivity index (χ3n) is 3.24. The van der Waals surface area contributed by atoms with Crippen LogP contribution in [0.1, 0.15) is 25.7 Å². The van der Waals surface area contributed by atoms with Gasteiger partial charge in [0.25, 0.3) is 0 Å². The lowest BCUT2D eigenvalue weighted by atomic mass is 9.95. The number of carbonyl (C=O) groups is 1. The Kier molecular flexibility index (Phi) is 4.69. The zero-order chi connectivity index (χ0) is 11.4. The number of halogens is 1. The minimum atomic E-state index is 0.0961. The minimum absolute atomic E-state index is 0.0961. The number of carbonyl (C=O) groups excluding carboxylic acids is 1. The van der Waals surface area contributed by atoms with Crippen LogP contribution in [0.25, 0.3) is 0 Å². The van der Waals surface area contributed by atoms with Crippen molar-refractivity contribution in [3.05, 3.63) is 0 Å². The normalized spacial score (nSPS) is 31.2. The molecule has 0 aromatic rings. The number of rotatable bonds is 1. The largest absolute Gasteiger partial charge is 0.378 e. The molecule has 2 atom stereocenters. The van der Waals surface area contributed by atoms with E-state index < -0.39 is 0 Å². The summed E-state index contributed by atoms with van der Waals surface area (Å²) in [5.41, 5.74) is 0. The first-order chi connectivity index (χ1) is 7.75. The van der Waals surface area contributed by atoms with Crippen molar-refractivity contribution in [2.24, 2.45) is 0 Å². The van der Waals surface area contributed by atoms with Gasteiger partial charge in [-0.05, 0) is 19.3 Å². The third-order valence-corrected chi connectivity index (χ3v) is 4.37. The summed E-state index contributed by atoms with van der Waals surface area (Å²) in [5, 5.41) is 3.15. The van der Waals surface area contributed by atoms with Crippen molar-refractivity contribution in [2.45, 2.75) is 35.6 Å². The van der Waals surface area contributed by atoms with Crippen LogP contribution in [0.15, 0.2) is 0 Å². The summed E-state index contributed by atoms with van der Waals surface area (Å²) in [6, 6.07) is 0.477. The van der Waals surface area contributed by atoms with Gasteiger partial charge in [-0.2, -0.15) is 0 Å². The number of amides is 2. The second-order valence-electron chi connectivity index (χ2n) is 4.51. The summed E-state index contributed by atoms with van der Waals surface area (Å²) in [4.78, 5) is 13.8. The van der Waals surface area contributed by atoms with Crippen molar-refractivity contribution in [2.75, 3.05) is 26.3 Å². The maximum atomic E-state index is 11.9. The highest BCUT2D eigenvalue weighted by molar-refractivity contribution is 14.1. The number of morpholine rings is 1. The molecule has 4 nitrogen and oxygen atoms in total. The van der Waals surface area contributed by atoms with Crippen molar-refractivity contribution in [3.8, 4) is 0 Å². The smallest absolute Gasteiger partial charge is 0.317 e. The molecule has 0 spiro atoms. The number of nitrogens with zero attached hydrogens (tertiary/aromatic N) is 1. The summed E-state index contributed by atoms with van der Waals surface area (Å²) >= 11 is 2.49. The van der Waals surface area contributed by atoms with Gasteiger partial charge in [0.05, 0.1) is 13.2 Å². The highest BCUT2D eigenvalue weighted by Gasteiger charge is 2.24. The topological polar surface area (TPSA) is 41.6 Å². The fourth-order valence-corrected chi connectivity index (χ4v) is 3.35. The van der Waals surface area contributed by atoms with Crippen molar-refractivity contribution >= 4 is 28.6 Å². The monoisotopic (exact) mass is 338 g/mol. The highest BCUT2D eigenvalue weighted by atomic mass is 127. The average molecular weight is 338 g/mol. The van der Waals surface area contributed by atoms with Gasteiger partial charge in [0.2, 0.25) is 0 Å². The van der Waals surface area contributed by atoms with Crippen LogP contribution < -0.4 is 5.32 Å². The molecular formula is C11H19IN2O2. The van der Waals surface area contributed by atoms with Crippen LogP contribution in [0.4, 0.5) is 4.79 Å². The zero-order valence-corrected chi connectivity index (χ0v) is 11.6. The lowest BCUT2D eigenvalue weighted by Gasteiger charge is -2.31. The fourth-order valence-electron chi connectivity index (χ4n) is 2.29. The van der Waals surface area contributed by atoms with E-state index in [2.05, 4.69) is 27.9 Å². The Morgan fingerprint density at radius 3 is 2.75 bits per heavy atom. The number of nitrogens with one attached hydrogen (secondary N) is 1. The van der Waals surface area contributed by atoms with E-state index in [0.29, 0.717) is 19.3 Å². The molecule has 1 aliphatic carbocycles. The Labute approximate surface area is 110 Å². The van der Waals surface area contributed by atoms with Crippen LogP contribution in [0, 0.1) is 0 Å². The maximum Gasteiger partial charge on any atom is 0.317 e. The first-order valence-electron chi connectivity index (χ1n) is 6.03. The molecule has 0 aromatic heterocycles. The molecule has 5 heteroatoms. The van der Waals surface area contributed by atoms with E-state index >= 15 is 0 Å². The lowest BCUT2D eigenvalue weighted by molar-refractivity contribution is 0.0522. The van der Waals surface area contributed by atoms with Crippen LogP contribution in [-0.2, 0) is 4.74 Å². The highest BCUT2D eigenvalue weighted by Crippen LogP contribution is 2.24. The first-order valence-corrected chi connectivity index (χ1v) is 7.27. The lowest BCUT2D eigenvalue weighted by Crippen LogP contribution is -2.50. The number of hydrogen-bond acceptors (Lipinski definition) is 2. The van der Waals surface area contributed by atoms with Crippen molar-refractivity contribution < 1.29 is 9.53 Å². The molecule has 2 rings (SSSR count). The van der Waals surface area contributed by atoms with E-state index in [0.717, 1.165) is 29.9 Å². The maximum absolute atomic E-state index is 11.9. The van der Waals surface area contributed by atoms with Crippen LogP contribution in [0.2, 0.25) is 0 Å². The Bertz CT molecular complexity index is 244. The second-order valence-corrected chi connectivity index (χ2v) is 6.27. The predicted molar refractivity (Wildman–Crippen MR) is 71.0 cm³/mol. The molecule has 1 heterocycles. The van der Waals surface area contributed by atoms with Gasteiger partial charge in [-0.1, -0.05) is 29.0 Å². The van der Waals surface area contributed by atoms with Crippen molar-refractivity contribution in [1.29, 1.82) is 0 Å². The fraction of sp³-hybridized carbons (Fsp3) is 0.909. The molecule has 1 aliphatic heterocycles. The van der Waals surface area contributed by atoms with E-state index in [1.54, 1.807) is 0 Å². The molecule has 0 radical (unpaired) electrons. The van der Waals surface area contributed by atoms with Crippen molar-refractivity contribution in [1.82, 2.24) is 10.2 Å². The van der Waals surface area contributed by atoms with E-state index in [4.69, 9.17) is 4.74 Å². The van der Waals surface area contributed by atoms with E-state index in [1.807, 2.05) is 4.90 Å². The zero-order valence-electron chi connectivity index (χ0n) is 9.45. The van der Waals surface area contributed by atoms with Crippen LogP contribution in [-0.4, -0.2) is 47.2 Å². The molecule has 2 amide bonds. The molecule has 92 valence electrons. The average Bonchev–Trinajstić information content (AvgIpc) is 2.30. The molecule has 0 bridgehead atoms. The summed E-state index contributed by atoms with van der Waals surface area (Å²) in [6.07, 6.45) is 4.79. The predicted octanol–water partition coefficient (Wildman–Crippen LogP) is 1.77. The molecule has 1 saturated heterocycles. The van der Waals surface area contributed by atoms with Gasteiger partial charge in [-0.15, -0.1) is 0 Å². The van der Waals surface area contributed by atoms with Crippen molar-refractivity contribution in [3.63, 3.8) is 0 Å². The molecule has 0 unspecified atom stereocenters. The number of urea groups is 1. The van der Waals surface area contributed by atoms with Gasteiger partial charge in [-0.3, -0.25) is 0 Å². The Balaban J connectivity index is 1.77. The van der Waals surface area contributed by atoms with Crippen LogP contribution >= 0.6 is 22.6 Å². The standard InChI is InChI=1S/C11H19IN2O2/c12-9-2-1-3-10(8-9)13-11(15)14-4-6-16-7-5-14/h9-10H,1-8H2,(H,13,15)/t9-,10+/m0/s1. The van der Waals surface area contributed by atoms with Gasteiger partial charge in [0.1, 0.15) is 0 Å². The minimum Gasteiger partial charge on any atom is -0.378 e. The van der Waals surface area contributed by atoms with Gasteiger partial charge in [-0.25, -0.2) is 4.79 Å². The second kappa shape index (κ2) is 6.05. The molecule has 0 aromatic carbocycles. The molecule has 1 saturated carbocycles. The van der Waals surface area contributed by atoms with E-state index in [9.17, 15) is 4.79 Å². The number of alkyl halides is 1. The Morgan fingerprint density at radius 1 is 1.31 bits per heavy atom. The summed E-state index contributed by atoms with van der Waals surface area (Å²) in [6.45, 7) is 2.80. The Morgan fingerprint density at radius 2 is 2.06 bits per heavy atom. The third kappa shape index (κ3) is 3.48. The summed E-state index contributed by atoms with van der Waals surface area (Å²) in [5.74, 6) is 0. The van der Waals surface area contributed by atoms with E-state index in [1.165, 1.54) is 12.8 Å². The molecule has 1 N–H and O–H groups in total. The quantitative estimate of drug-likeness (QED) is 0.585. The SMILES string of the molecule is O=C(N[C@@H]1CCC[C@H](I)C1)N1CCOCC1. The van der Waals surface area contributed by atoms with Gasteiger partial charge in [0, 0.05) is 23.1 Å². The molecule has 2 aliphatic rings. The van der Waals surface area contributed by atoms with Gasteiger partial charge < -0.3 is 15.0 Å². The van der Waals surface area contributed by atoms with Crippen LogP contribution in [0.3, 0.4) is 0 Å². The van der Waals surface area contributed by atoms with Gasteiger partial charge in [0.15, 0.2) is 0 Å². The molecular weight excluding hydrogens is 319 g/mol. The number of hydrogen-bond donors (Lipinski definition) is 1. The van der Waals surface area contributed by atoms with E-state index in [-0.39, 0.29) is 6.03 Å². The molecule has 16 heavy (non-hydrogen) atoms. The molecule has 2 fully saturated rings. The summed E-state index contributed by atoms with van der Waals surface area (Å²) < 4.78 is 5.96. The number of ether oxygens (including phenoxy) is 1. The first kappa shape index (κ1) is 12.4. The summed E-state index contributed by atoms with van der Waals surface area (Å²) in [7, 11) is 0. The van der Waals surface area contributed by atoms with Gasteiger partial charge >= 0.3 is 6.03 Å².